The molecular formula is C11H23NO2. The molecular weight excluding hydrogens is 178 g/mol. The van der Waals surface area contributed by atoms with E-state index in [0.717, 1.165) is 19.4 Å². The highest BCUT2D eigenvalue weighted by atomic mass is 16.4. The molecule has 2 unspecified atom stereocenters. The molecule has 0 aromatic rings. The molecule has 0 aromatic carbocycles. The Morgan fingerprint density at radius 3 is 2.21 bits per heavy atom. The summed E-state index contributed by atoms with van der Waals surface area (Å²) >= 11 is 0. The van der Waals surface area contributed by atoms with Crippen molar-refractivity contribution < 1.29 is 9.90 Å². The Hall–Kier alpha value is -0.570. The molecule has 0 bridgehead atoms. The predicted molar refractivity (Wildman–Crippen MR) is 58.5 cm³/mol. The average Bonchev–Trinajstić information content (AvgIpc) is 2.04. The molecule has 3 heteroatoms. The van der Waals surface area contributed by atoms with Crippen LogP contribution in [-0.2, 0) is 4.79 Å². The van der Waals surface area contributed by atoms with Crippen LogP contribution >= 0.6 is 0 Å². The van der Waals surface area contributed by atoms with Gasteiger partial charge in [0.15, 0.2) is 0 Å². The minimum absolute atomic E-state index is 0.138. The molecule has 1 N–H and O–H groups in total. The summed E-state index contributed by atoms with van der Waals surface area (Å²) in [5.74, 6) is -0.709. The number of hydrogen-bond acceptors (Lipinski definition) is 2. The molecule has 0 rings (SSSR count). The first-order valence-electron chi connectivity index (χ1n) is 5.50. The van der Waals surface area contributed by atoms with E-state index in [2.05, 4.69) is 25.7 Å². The van der Waals surface area contributed by atoms with Crippen molar-refractivity contribution in [2.45, 2.75) is 59.0 Å². The highest BCUT2D eigenvalue weighted by Gasteiger charge is 2.19. The van der Waals surface area contributed by atoms with Gasteiger partial charge in [0, 0.05) is 12.1 Å². The van der Waals surface area contributed by atoms with Crippen molar-refractivity contribution in [3.63, 3.8) is 0 Å². The number of rotatable bonds is 7. The zero-order valence-electron chi connectivity index (χ0n) is 9.79. The molecule has 0 fully saturated rings. The van der Waals surface area contributed by atoms with Crippen LogP contribution in [0, 0.1) is 0 Å². The third-order valence-corrected chi connectivity index (χ3v) is 2.67. The number of nitrogens with zero attached hydrogens (tertiary/aromatic N) is 1. The zero-order valence-corrected chi connectivity index (χ0v) is 9.79. The highest BCUT2D eigenvalue weighted by molar-refractivity contribution is 5.67. The summed E-state index contributed by atoms with van der Waals surface area (Å²) in [5.41, 5.74) is 0. The Bertz CT molecular complexity index is 171. The topological polar surface area (TPSA) is 40.5 Å². The Morgan fingerprint density at radius 2 is 1.86 bits per heavy atom. The first-order valence-corrected chi connectivity index (χ1v) is 5.50. The Kier molecular flexibility index (Phi) is 6.54. The summed E-state index contributed by atoms with van der Waals surface area (Å²) in [6.07, 6.45) is 2.52. The van der Waals surface area contributed by atoms with Crippen molar-refractivity contribution in [3.05, 3.63) is 0 Å². The molecule has 0 radical (unpaired) electrons. The summed E-state index contributed by atoms with van der Waals surface area (Å²) in [6.45, 7) is 9.33. The third-order valence-electron chi connectivity index (χ3n) is 2.67. The van der Waals surface area contributed by atoms with Gasteiger partial charge in [-0.1, -0.05) is 20.3 Å². The summed E-state index contributed by atoms with van der Waals surface area (Å²) in [7, 11) is 0. The van der Waals surface area contributed by atoms with Crippen LogP contribution < -0.4 is 0 Å². The average molecular weight is 201 g/mol. The molecule has 0 heterocycles. The second-order valence-corrected chi connectivity index (χ2v) is 3.92. The fraction of sp³-hybridized carbons (Fsp3) is 0.909. The summed E-state index contributed by atoms with van der Waals surface area (Å²) in [4.78, 5) is 12.8. The van der Waals surface area contributed by atoms with Crippen molar-refractivity contribution in [2.75, 3.05) is 6.54 Å². The van der Waals surface area contributed by atoms with E-state index in [0.29, 0.717) is 6.04 Å². The molecule has 14 heavy (non-hydrogen) atoms. The normalized spacial score (nSPS) is 15.5. The number of carbonyl (C=O) groups is 1. The summed E-state index contributed by atoms with van der Waals surface area (Å²) in [6, 6.07) is 0.624. The maximum absolute atomic E-state index is 10.6. The van der Waals surface area contributed by atoms with Gasteiger partial charge < -0.3 is 5.11 Å². The minimum Gasteiger partial charge on any atom is -0.481 e. The van der Waals surface area contributed by atoms with Crippen LogP contribution in [0.25, 0.3) is 0 Å². The van der Waals surface area contributed by atoms with Gasteiger partial charge in [-0.25, -0.2) is 0 Å². The fourth-order valence-electron chi connectivity index (χ4n) is 2.01. The van der Waals surface area contributed by atoms with Gasteiger partial charge in [-0.15, -0.1) is 0 Å². The number of carboxylic acids is 1. The van der Waals surface area contributed by atoms with Crippen LogP contribution in [-0.4, -0.2) is 34.6 Å². The van der Waals surface area contributed by atoms with Crippen LogP contribution in [0.2, 0.25) is 0 Å². The Labute approximate surface area is 87.1 Å². The molecule has 0 aliphatic rings. The van der Waals surface area contributed by atoms with E-state index in [-0.39, 0.29) is 12.5 Å². The molecule has 84 valence electrons. The first kappa shape index (κ1) is 13.4. The van der Waals surface area contributed by atoms with Crippen LogP contribution in [0.15, 0.2) is 0 Å². The predicted octanol–water partition coefficient (Wildman–Crippen LogP) is 2.36. The monoisotopic (exact) mass is 201 g/mol. The number of aliphatic carboxylic acids is 1. The second-order valence-electron chi connectivity index (χ2n) is 3.92. The fourth-order valence-corrected chi connectivity index (χ4v) is 2.01. The van der Waals surface area contributed by atoms with E-state index in [1.165, 1.54) is 0 Å². The summed E-state index contributed by atoms with van der Waals surface area (Å²) in [5, 5.41) is 8.71. The molecule has 0 spiro atoms. The standard InChI is InChI=1S/C11H23NO2/c1-5-7-9(3)12(6-2)10(4)8-11(13)14/h9-10H,5-8H2,1-4H3,(H,13,14). The maximum Gasteiger partial charge on any atom is 0.304 e. The molecule has 0 amide bonds. The van der Waals surface area contributed by atoms with Crippen molar-refractivity contribution in [1.29, 1.82) is 0 Å². The van der Waals surface area contributed by atoms with E-state index in [1.807, 2.05) is 6.92 Å². The van der Waals surface area contributed by atoms with Gasteiger partial charge in [-0.2, -0.15) is 0 Å². The minimum atomic E-state index is -0.709. The van der Waals surface area contributed by atoms with Crippen molar-refractivity contribution >= 4 is 5.97 Å². The molecule has 3 nitrogen and oxygen atoms in total. The summed E-state index contributed by atoms with van der Waals surface area (Å²) < 4.78 is 0. The largest absolute Gasteiger partial charge is 0.481 e. The molecule has 0 saturated carbocycles. The van der Waals surface area contributed by atoms with E-state index in [9.17, 15) is 4.79 Å². The molecule has 2 atom stereocenters. The molecule has 0 saturated heterocycles. The van der Waals surface area contributed by atoms with Crippen LogP contribution in [0.5, 0.6) is 0 Å². The van der Waals surface area contributed by atoms with Gasteiger partial charge in [-0.05, 0) is 26.8 Å². The van der Waals surface area contributed by atoms with Gasteiger partial charge in [0.05, 0.1) is 6.42 Å². The smallest absolute Gasteiger partial charge is 0.304 e. The lowest BCUT2D eigenvalue weighted by Gasteiger charge is -2.32. The SMILES string of the molecule is CCCC(C)N(CC)C(C)CC(=O)O. The highest BCUT2D eigenvalue weighted by Crippen LogP contribution is 2.12. The molecule has 0 aliphatic carbocycles. The quantitative estimate of drug-likeness (QED) is 0.687. The Morgan fingerprint density at radius 1 is 1.29 bits per heavy atom. The lowest BCUT2D eigenvalue weighted by molar-refractivity contribution is -0.138. The van der Waals surface area contributed by atoms with Crippen LogP contribution in [0.3, 0.4) is 0 Å². The van der Waals surface area contributed by atoms with E-state index < -0.39 is 5.97 Å². The number of carboxylic acid groups (broad SMARTS) is 1. The molecule has 0 aromatic heterocycles. The first-order chi connectivity index (χ1) is 6.52. The maximum atomic E-state index is 10.6. The van der Waals surface area contributed by atoms with Gasteiger partial charge in [0.1, 0.15) is 0 Å². The van der Waals surface area contributed by atoms with Crippen molar-refractivity contribution in [1.82, 2.24) is 4.90 Å². The number of hydrogen-bond donors (Lipinski definition) is 1. The van der Waals surface area contributed by atoms with E-state index in [4.69, 9.17) is 5.11 Å². The second kappa shape index (κ2) is 6.82. The van der Waals surface area contributed by atoms with Crippen molar-refractivity contribution in [3.8, 4) is 0 Å². The van der Waals surface area contributed by atoms with Crippen LogP contribution in [0.1, 0.15) is 47.0 Å². The van der Waals surface area contributed by atoms with Gasteiger partial charge in [0.25, 0.3) is 0 Å². The van der Waals surface area contributed by atoms with E-state index >= 15 is 0 Å². The van der Waals surface area contributed by atoms with E-state index in [1.54, 1.807) is 0 Å². The lowest BCUT2D eigenvalue weighted by Crippen LogP contribution is -2.41. The third kappa shape index (κ3) is 4.61. The molecule has 0 aliphatic heterocycles. The lowest BCUT2D eigenvalue weighted by atomic mass is 10.1. The van der Waals surface area contributed by atoms with Gasteiger partial charge >= 0.3 is 5.97 Å². The van der Waals surface area contributed by atoms with Crippen molar-refractivity contribution in [2.24, 2.45) is 0 Å². The zero-order chi connectivity index (χ0) is 11.1. The van der Waals surface area contributed by atoms with Crippen LogP contribution in [0.4, 0.5) is 0 Å². The Balaban J connectivity index is 4.16. The van der Waals surface area contributed by atoms with Gasteiger partial charge in [-0.3, -0.25) is 9.69 Å². The van der Waals surface area contributed by atoms with Gasteiger partial charge in [0.2, 0.25) is 0 Å².